The molecule has 0 bridgehead atoms. The highest BCUT2D eigenvalue weighted by atomic mass is 16.5. The second-order valence-corrected chi connectivity index (χ2v) is 7.04. The summed E-state index contributed by atoms with van der Waals surface area (Å²) in [4.78, 5) is 45.8. The summed E-state index contributed by atoms with van der Waals surface area (Å²) in [6, 6.07) is 13.7. The van der Waals surface area contributed by atoms with Gasteiger partial charge in [-0.2, -0.15) is 0 Å². The van der Waals surface area contributed by atoms with Gasteiger partial charge in [0.1, 0.15) is 5.75 Å². The Morgan fingerprint density at radius 1 is 1.10 bits per heavy atom. The topological polar surface area (TPSA) is 104 Å². The van der Waals surface area contributed by atoms with E-state index in [1.165, 1.54) is 6.21 Å². The van der Waals surface area contributed by atoms with Crippen molar-refractivity contribution in [1.82, 2.24) is 10.3 Å². The maximum Gasteiger partial charge on any atom is 0.335 e. The molecule has 1 atom stereocenters. The zero-order chi connectivity index (χ0) is 21.8. The van der Waals surface area contributed by atoms with Gasteiger partial charge in [-0.25, -0.2) is 9.69 Å². The van der Waals surface area contributed by atoms with E-state index in [0.717, 1.165) is 21.4 Å². The van der Waals surface area contributed by atoms with E-state index in [0.29, 0.717) is 31.0 Å². The maximum atomic E-state index is 12.9. The van der Waals surface area contributed by atoms with Crippen LogP contribution in [0.15, 0.2) is 59.7 Å². The Labute approximate surface area is 178 Å². The molecule has 4 amide bonds. The summed E-state index contributed by atoms with van der Waals surface area (Å²) >= 11 is 0. The van der Waals surface area contributed by atoms with Gasteiger partial charge in [-0.3, -0.25) is 19.9 Å². The largest absolute Gasteiger partial charge is 0.494 e. The van der Waals surface area contributed by atoms with E-state index < -0.39 is 23.8 Å². The monoisotopic (exact) mass is 418 g/mol. The van der Waals surface area contributed by atoms with Crippen LogP contribution in [0.5, 0.6) is 5.75 Å². The zero-order valence-electron chi connectivity index (χ0n) is 17.0. The Morgan fingerprint density at radius 2 is 1.87 bits per heavy atom. The number of para-hydroxylation sites is 1. The van der Waals surface area contributed by atoms with Gasteiger partial charge in [-0.15, -0.1) is 0 Å². The molecule has 1 aliphatic rings. The molecule has 2 N–H and O–H groups in total. The summed E-state index contributed by atoms with van der Waals surface area (Å²) in [7, 11) is 0. The number of anilines is 1. The molecule has 1 aliphatic heterocycles. The molecule has 3 aromatic rings. The fourth-order valence-corrected chi connectivity index (χ4v) is 3.53. The van der Waals surface area contributed by atoms with Gasteiger partial charge >= 0.3 is 6.03 Å². The number of nitrogens with one attached hydrogen (secondary N) is 2. The van der Waals surface area contributed by atoms with Crippen LogP contribution in [0.25, 0.3) is 10.9 Å². The van der Waals surface area contributed by atoms with Crippen molar-refractivity contribution in [2.75, 3.05) is 18.1 Å². The van der Waals surface area contributed by atoms with Crippen LogP contribution >= 0.6 is 0 Å². The predicted molar refractivity (Wildman–Crippen MR) is 117 cm³/mol. The fourth-order valence-electron chi connectivity index (χ4n) is 3.53. The molecule has 158 valence electrons. The number of hydrogen-bond acceptors (Lipinski definition) is 5. The molecule has 0 unspecified atom stereocenters. The third kappa shape index (κ3) is 4.18. The quantitative estimate of drug-likeness (QED) is 0.454. The molecule has 8 nitrogen and oxygen atoms in total. The Morgan fingerprint density at radius 3 is 2.65 bits per heavy atom. The number of nitrogens with zero attached hydrogens (tertiary/aromatic N) is 2. The first kappa shape index (κ1) is 20.3. The number of carbonyl (C=O) groups excluding carboxylic acids is 3. The average Bonchev–Trinajstić information content (AvgIpc) is 3.17. The van der Waals surface area contributed by atoms with Gasteiger partial charge in [0.25, 0.3) is 5.91 Å². The van der Waals surface area contributed by atoms with Crippen LogP contribution in [0.2, 0.25) is 0 Å². The molecule has 1 fully saturated rings. The lowest BCUT2D eigenvalue weighted by Crippen LogP contribution is -2.58. The molecule has 0 radical (unpaired) electrons. The lowest BCUT2D eigenvalue weighted by molar-refractivity contribution is -0.131. The highest BCUT2D eigenvalue weighted by Gasteiger charge is 2.40. The van der Waals surface area contributed by atoms with Crippen molar-refractivity contribution in [1.29, 1.82) is 0 Å². The lowest BCUT2D eigenvalue weighted by Gasteiger charge is -2.28. The Bertz CT molecular complexity index is 1150. The first-order chi connectivity index (χ1) is 15.1. The van der Waals surface area contributed by atoms with Crippen molar-refractivity contribution in [3.05, 3.63) is 60.3 Å². The summed E-state index contributed by atoms with van der Waals surface area (Å²) in [6.07, 6.45) is 3.91. The Balaban J connectivity index is 1.45. The van der Waals surface area contributed by atoms with E-state index in [2.05, 4.69) is 15.3 Å². The highest BCUT2D eigenvalue weighted by molar-refractivity contribution is 6.32. The van der Waals surface area contributed by atoms with E-state index in [9.17, 15) is 14.4 Å². The van der Waals surface area contributed by atoms with Gasteiger partial charge in [-0.1, -0.05) is 18.2 Å². The van der Waals surface area contributed by atoms with Crippen LogP contribution in [0.1, 0.15) is 12.5 Å². The van der Waals surface area contributed by atoms with Gasteiger partial charge in [0, 0.05) is 29.9 Å². The summed E-state index contributed by atoms with van der Waals surface area (Å²) in [5.74, 6) is -1.84. The number of ether oxygens (including phenoxy) is 1. The van der Waals surface area contributed by atoms with Gasteiger partial charge < -0.3 is 9.72 Å². The van der Waals surface area contributed by atoms with Crippen LogP contribution in [0.3, 0.4) is 0 Å². The number of aliphatic imine (C=N–C) groups is 1. The highest BCUT2D eigenvalue weighted by Crippen LogP contribution is 2.23. The van der Waals surface area contributed by atoms with Crippen LogP contribution in [0, 0.1) is 5.92 Å². The minimum Gasteiger partial charge on any atom is -0.494 e. The number of urea groups is 1. The van der Waals surface area contributed by atoms with Crippen LogP contribution in [0.4, 0.5) is 10.5 Å². The molecule has 1 aromatic heterocycles. The Hall–Kier alpha value is -3.94. The zero-order valence-corrected chi connectivity index (χ0v) is 17.0. The number of benzene rings is 2. The van der Waals surface area contributed by atoms with Crippen molar-refractivity contribution in [3.63, 3.8) is 0 Å². The molecular formula is C23H22N4O4. The minimum atomic E-state index is -1.16. The second kappa shape index (κ2) is 8.83. The van der Waals surface area contributed by atoms with Crippen LogP contribution < -0.4 is 15.0 Å². The van der Waals surface area contributed by atoms with Crippen molar-refractivity contribution >= 4 is 40.7 Å². The molecule has 0 spiro atoms. The predicted octanol–water partition coefficient (Wildman–Crippen LogP) is 3.08. The van der Waals surface area contributed by atoms with Crippen molar-refractivity contribution in [2.24, 2.45) is 10.9 Å². The Kier molecular flexibility index (Phi) is 5.79. The van der Waals surface area contributed by atoms with Crippen molar-refractivity contribution < 1.29 is 19.1 Å². The molecule has 31 heavy (non-hydrogen) atoms. The number of aromatic nitrogens is 1. The molecule has 8 heteroatoms. The molecule has 1 saturated heterocycles. The average molecular weight is 418 g/mol. The summed E-state index contributed by atoms with van der Waals surface area (Å²) < 4.78 is 5.38. The maximum absolute atomic E-state index is 12.9. The first-order valence-corrected chi connectivity index (χ1v) is 10.0. The number of aromatic amines is 1. The van der Waals surface area contributed by atoms with E-state index >= 15 is 0 Å². The van der Waals surface area contributed by atoms with Gasteiger partial charge in [0.05, 0.1) is 12.3 Å². The number of carbonyl (C=O) groups is 3. The van der Waals surface area contributed by atoms with Gasteiger partial charge in [0.2, 0.25) is 5.91 Å². The normalized spacial score (nSPS) is 16.9. The second-order valence-electron chi connectivity index (χ2n) is 7.04. The molecule has 0 saturated carbocycles. The number of amides is 4. The fraction of sp³-hybridized carbons (Fsp3) is 0.217. The number of barbiturate groups is 1. The van der Waals surface area contributed by atoms with Gasteiger partial charge in [0.15, 0.2) is 5.92 Å². The molecular weight excluding hydrogens is 396 g/mol. The number of rotatable bonds is 7. The van der Waals surface area contributed by atoms with E-state index in [4.69, 9.17) is 4.74 Å². The molecule has 4 rings (SSSR count). The molecule has 0 aliphatic carbocycles. The van der Waals surface area contributed by atoms with E-state index in [1.54, 1.807) is 24.3 Å². The molecule has 2 heterocycles. The summed E-state index contributed by atoms with van der Waals surface area (Å²) in [6.45, 7) is 2.79. The molecule has 2 aromatic carbocycles. The first-order valence-electron chi connectivity index (χ1n) is 10.0. The van der Waals surface area contributed by atoms with Crippen molar-refractivity contribution in [2.45, 2.75) is 13.3 Å². The van der Waals surface area contributed by atoms with Crippen LogP contribution in [-0.4, -0.2) is 42.2 Å². The third-order valence-corrected chi connectivity index (χ3v) is 5.05. The SMILES string of the molecule is CCOc1ccc(N2C(=O)NC(=O)[C@H](C=NCCc3c[nH]c4ccccc34)C2=O)cc1. The third-order valence-electron chi connectivity index (χ3n) is 5.05. The van der Waals surface area contributed by atoms with E-state index in [1.807, 2.05) is 37.4 Å². The number of imide groups is 2. The van der Waals surface area contributed by atoms with E-state index in [-0.39, 0.29) is 0 Å². The minimum absolute atomic E-state index is 0.357. The standard InChI is InChI=1S/C23H22N4O4/c1-2-31-17-9-7-16(8-10-17)27-22(29)19(21(28)26-23(27)30)14-24-12-11-15-13-25-20-6-4-3-5-18(15)20/h3-10,13-14,19,25H,2,11-12H2,1H3,(H,26,28,30)/t19-/m0/s1. The van der Waals surface area contributed by atoms with Crippen LogP contribution in [-0.2, 0) is 16.0 Å². The number of fused-ring (bicyclic) bond motifs is 1. The number of hydrogen-bond donors (Lipinski definition) is 2. The lowest BCUT2D eigenvalue weighted by atomic mass is 10.1. The summed E-state index contributed by atoms with van der Waals surface area (Å²) in [5, 5.41) is 3.35. The van der Waals surface area contributed by atoms with Crippen molar-refractivity contribution in [3.8, 4) is 5.75 Å². The number of H-pyrrole nitrogens is 1. The smallest absolute Gasteiger partial charge is 0.335 e. The summed E-state index contributed by atoms with van der Waals surface area (Å²) in [5.41, 5.74) is 2.52. The van der Waals surface area contributed by atoms with Gasteiger partial charge in [-0.05, 0) is 49.2 Å².